The molecule has 0 aliphatic heterocycles. The molecule has 0 unspecified atom stereocenters. The molecule has 1 aromatic heterocycles. The summed E-state index contributed by atoms with van der Waals surface area (Å²) in [5.41, 5.74) is 1.32. The standard InChI is InChI=1S/C14H13FN2O2/c1-17-9-11(8-16-17)10-19-14-5-4-13(15)7-12(14)3-2-6-18/h4-5,7-9,18H,6,10H2,1H3. The number of aromatic nitrogens is 2. The lowest BCUT2D eigenvalue weighted by Crippen LogP contribution is -1.97. The first-order chi connectivity index (χ1) is 9.19. The van der Waals surface area contributed by atoms with Gasteiger partial charge in [0, 0.05) is 18.8 Å². The smallest absolute Gasteiger partial charge is 0.135 e. The third-order valence-corrected chi connectivity index (χ3v) is 2.40. The number of aliphatic hydroxyl groups excluding tert-OH is 1. The van der Waals surface area contributed by atoms with Gasteiger partial charge in [0.05, 0.1) is 11.8 Å². The Labute approximate surface area is 110 Å². The van der Waals surface area contributed by atoms with Crippen LogP contribution < -0.4 is 4.74 Å². The Hall–Kier alpha value is -2.32. The predicted molar refractivity (Wildman–Crippen MR) is 67.9 cm³/mol. The van der Waals surface area contributed by atoms with Crippen LogP contribution >= 0.6 is 0 Å². The van der Waals surface area contributed by atoms with Gasteiger partial charge in [-0.2, -0.15) is 5.10 Å². The Balaban J connectivity index is 2.15. The Bertz CT molecular complexity index is 626. The van der Waals surface area contributed by atoms with Crippen LogP contribution in [0.1, 0.15) is 11.1 Å². The number of ether oxygens (including phenoxy) is 1. The Kier molecular flexibility index (Phi) is 4.16. The maximum absolute atomic E-state index is 13.1. The molecule has 2 aromatic rings. The van der Waals surface area contributed by atoms with Crippen LogP contribution in [0.4, 0.5) is 4.39 Å². The Morgan fingerprint density at radius 2 is 2.32 bits per heavy atom. The van der Waals surface area contributed by atoms with Crippen molar-refractivity contribution in [2.75, 3.05) is 6.61 Å². The average Bonchev–Trinajstić information content (AvgIpc) is 2.81. The molecular weight excluding hydrogens is 247 g/mol. The van der Waals surface area contributed by atoms with Crippen molar-refractivity contribution >= 4 is 0 Å². The summed E-state index contributed by atoms with van der Waals surface area (Å²) in [4.78, 5) is 0. The Morgan fingerprint density at radius 1 is 1.47 bits per heavy atom. The molecule has 0 atom stereocenters. The Morgan fingerprint density at radius 3 is 3.00 bits per heavy atom. The molecule has 1 aromatic carbocycles. The lowest BCUT2D eigenvalue weighted by Gasteiger charge is -2.07. The van der Waals surface area contributed by atoms with Gasteiger partial charge in [0.15, 0.2) is 0 Å². The first-order valence-electron chi connectivity index (χ1n) is 5.68. The average molecular weight is 260 g/mol. The van der Waals surface area contributed by atoms with Gasteiger partial charge in [-0.05, 0) is 18.2 Å². The number of aryl methyl sites for hydroxylation is 1. The highest BCUT2D eigenvalue weighted by Gasteiger charge is 2.04. The molecule has 0 aliphatic carbocycles. The summed E-state index contributed by atoms with van der Waals surface area (Å²) < 4.78 is 20.4. The van der Waals surface area contributed by atoms with Crippen LogP contribution in [0, 0.1) is 17.7 Å². The van der Waals surface area contributed by atoms with Crippen LogP contribution in [-0.2, 0) is 13.7 Å². The summed E-state index contributed by atoms with van der Waals surface area (Å²) in [5.74, 6) is 5.22. The van der Waals surface area contributed by atoms with Crippen LogP contribution in [0.25, 0.3) is 0 Å². The van der Waals surface area contributed by atoms with Crippen molar-refractivity contribution in [2.24, 2.45) is 7.05 Å². The van der Waals surface area contributed by atoms with E-state index in [0.717, 1.165) is 5.56 Å². The van der Waals surface area contributed by atoms with Crippen LogP contribution in [-0.4, -0.2) is 21.5 Å². The first-order valence-corrected chi connectivity index (χ1v) is 5.68. The summed E-state index contributed by atoms with van der Waals surface area (Å²) in [5, 5.41) is 12.7. The molecule has 1 N–H and O–H groups in total. The minimum absolute atomic E-state index is 0.279. The molecule has 98 valence electrons. The second kappa shape index (κ2) is 6.03. The van der Waals surface area contributed by atoms with Gasteiger partial charge in [-0.1, -0.05) is 11.8 Å². The molecule has 1 heterocycles. The third kappa shape index (κ3) is 3.57. The number of benzene rings is 1. The van der Waals surface area contributed by atoms with Crippen molar-refractivity contribution < 1.29 is 14.2 Å². The maximum atomic E-state index is 13.1. The van der Waals surface area contributed by atoms with Crippen LogP contribution in [0.5, 0.6) is 5.75 Å². The summed E-state index contributed by atoms with van der Waals surface area (Å²) in [6.07, 6.45) is 3.53. The zero-order valence-corrected chi connectivity index (χ0v) is 10.4. The molecule has 4 nitrogen and oxygen atoms in total. The van der Waals surface area contributed by atoms with E-state index >= 15 is 0 Å². The van der Waals surface area contributed by atoms with Gasteiger partial charge in [0.2, 0.25) is 0 Å². The van der Waals surface area contributed by atoms with Crippen molar-refractivity contribution in [1.82, 2.24) is 9.78 Å². The predicted octanol–water partition coefficient (Wildman–Crippen LogP) is 1.48. The first kappa shape index (κ1) is 13.1. The highest BCUT2D eigenvalue weighted by molar-refractivity contribution is 5.46. The van der Waals surface area contributed by atoms with Crippen molar-refractivity contribution in [2.45, 2.75) is 6.61 Å². The molecule has 0 fully saturated rings. The quantitative estimate of drug-likeness (QED) is 0.850. The van der Waals surface area contributed by atoms with Gasteiger partial charge in [0.25, 0.3) is 0 Å². The van der Waals surface area contributed by atoms with Gasteiger partial charge >= 0.3 is 0 Å². The SMILES string of the molecule is Cn1cc(COc2ccc(F)cc2C#CCO)cn1. The van der Waals surface area contributed by atoms with E-state index in [-0.39, 0.29) is 6.61 Å². The van der Waals surface area contributed by atoms with E-state index in [2.05, 4.69) is 16.9 Å². The van der Waals surface area contributed by atoms with E-state index in [1.54, 1.807) is 10.9 Å². The minimum atomic E-state index is -0.393. The normalized spacial score (nSPS) is 9.84. The minimum Gasteiger partial charge on any atom is -0.487 e. The van der Waals surface area contributed by atoms with Gasteiger partial charge in [-0.3, -0.25) is 4.68 Å². The van der Waals surface area contributed by atoms with E-state index in [0.29, 0.717) is 17.9 Å². The van der Waals surface area contributed by atoms with E-state index < -0.39 is 5.82 Å². The van der Waals surface area contributed by atoms with E-state index in [4.69, 9.17) is 9.84 Å². The molecule has 0 saturated carbocycles. The summed E-state index contributed by atoms with van der Waals surface area (Å²) in [7, 11) is 1.82. The van der Waals surface area contributed by atoms with Crippen molar-refractivity contribution in [3.05, 3.63) is 47.5 Å². The van der Waals surface area contributed by atoms with Gasteiger partial charge in [0.1, 0.15) is 24.8 Å². The zero-order valence-electron chi connectivity index (χ0n) is 10.4. The number of halogens is 1. The molecule has 0 aliphatic rings. The molecule has 5 heteroatoms. The van der Waals surface area contributed by atoms with Crippen molar-refractivity contribution in [3.63, 3.8) is 0 Å². The van der Waals surface area contributed by atoms with Crippen LogP contribution in [0.2, 0.25) is 0 Å². The topological polar surface area (TPSA) is 47.3 Å². The fourth-order valence-electron chi connectivity index (χ4n) is 1.57. The fourth-order valence-corrected chi connectivity index (χ4v) is 1.57. The highest BCUT2D eigenvalue weighted by atomic mass is 19.1. The van der Waals surface area contributed by atoms with E-state index in [9.17, 15) is 4.39 Å². The third-order valence-electron chi connectivity index (χ3n) is 2.40. The number of hydrogen-bond acceptors (Lipinski definition) is 3. The molecule has 0 bridgehead atoms. The van der Waals surface area contributed by atoms with Gasteiger partial charge in [-0.25, -0.2) is 4.39 Å². The summed E-state index contributed by atoms with van der Waals surface area (Å²) in [6, 6.07) is 4.11. The molecule has 0 radical (unpaired) electrons. The number of rotatable bonds is 3. The lowest BCUT2D eigenvalue weighted by molar-refractivity contribution is 0.304. The number of aliphatic hydroxyl groups is 1. The lowest BCUT2D eigenvalue weighted by atomic mass is 10.2. The van der Waals surface area contributed by atoms with Crippen LogP contribution in [0.15, 0.2) is 30.6 Å². The van der Waals surface area contributed by atoms with Gasteiger partial charge in [-0.15, -0.1) is 0 Å². The van der Waals surface area contributed by atoms with Gasteiger partial charge < -0.3 is 9.84 Å². The summed E-state index contributed by atoms with van der Waals surface area (Å²) >= 11 is 0. The molecule has 19 heavy (non-hydrogen) atoms. The van der Waals surface area contributed by atoms with Crippen LogP contribution in [0.3, 0.4) is 0 Å². The molecule has 0 amide bonds. The summed E-state index contributed by atoms with van der Waals surface area (Å²) in [6.45, 7) is 0.0475. The number of hydrogen-bond donors (Lipinski definition) is 1. The van der Waals surface area contributed by atoms with Crippen molar-refractivity contribution in [3.8, 4) is 17.6 Å². The van der Waals surface area contributed by atoms with Crippen molar-refractivity contribution in [1.29, 1.82) is 0 Å². The highest BCUT2D eigenvalue weighted by Crippen LogP contribution is 2.20. The number of nitrogens with zero attached hydrogens (tertiary/aromatic N) is 2. The molecular formula is C14H13FN2O2. The monoisotopic (exact) mass is 260 g/mol. The zero-order chi connectivity index (χ0) is 13.7. The maximum Gasteiger partial charge on any atom is 0.135 e. The fraction of sp³-hybridized carbons (Fsp3) is 0.214. The largest absolute Gasteiger partial charge is 0.487 e. The second-order valence-corrected chi connectivity index (χ2v) is 3.91. The van der Waals surface area contributed by atoms with E-state index in [1.807, 2.05) is 13.2 Å². The molecule has 0 spiro atoms. The molecule has 0 saturated heterocycles. The van der Waals surface area contributed by atoms with E-state index in [1.165, 1.54) is 18.2 Å². The second-order valence-electron chi connectivity index (χ2n) is 3.91. The molecule has 2 rings (SSSR count).